The summed E-state index contributed by atoms with van der Waals surface area (Å²) in [7, 11) is 0. The van der Waals surface area contributed by atoms with Crippen molar-refractivity contribution in [2.45, 2.75) is 19.4 Å². The number of fused-ring (bicyclic) bond motifs is 1. The first kappa shape index (κ1) is 15.4. The Labute approximate surface area is 137 Å². The summed E-state index contributed by atoms with van der Waals surface area (Å²) in [6.07, 6.45) is 5.44. The summed E-state index contributed by atoms with van der Waals surface area (Å²) in [5.41, 5.74) is 2.83. The van der Waals surface area contributed by atoms with Crippen molar-refractivity contribution < 1.29 is 4.42 Å². The van der Waals surface area contributed by atoms with Crippen LogP contribution in [-0.4, -0.2) is 30.5 Å². The molecule has 2 aromatic rings. The van der Waals surface area contributed by atoms with Crippen molar-refractivity contribution in [3.05, 3.63) is 72.2 Å². The van der Waals surface area contributed by atoms with Crippen LogP contribution in [0, 0.1) is 0 Å². The second-order valence-corrected chi connectivity index (χ2v) is 5.64. The van der Waals surface area contributed by atoms with Crippen LogP contribution in [0.4, 0.5) is 0 Å². The highest BCUT2D eigenvalue weighted by Crippen LogP contribution is 2.18. The molecule has 120 valence electrons. The van der Waals surface area contributed by atoms with E-state index in [4.69, 9.17) is 9.41 Å². The van der Waals surface area contributed by atoms with Crippen LogP contribution in [0.2, 0.25) is 0 Å². The maximum absolute atomic E-state index is 5.37. The second-order valence-electron chi connectivity index (χ2n) is 5.64. The maximum Gasteiger partial charge on any atom is 0.194 e. The average Bonchev–Trinajstić information content (AvgIpc) is 3.11. The molecule has 0 fully saturated rings. The first-order valence-electron chi connectivity index (χ1n) is 8.10. The van der Waals surface area contributed by atoms with E-state index >= 15 is 0 Å². The Morgan fingerprint density at radius 2 is 2.13 bits per heavy atom. The number of rotatable bonds is 5. The van der Waals surface area contributed by atoms with E-state index in [2.05, 4.69) is 41.1 Å². The fourth-order valence-corrected chi connectivity index (χ4v) is 2.83. The quantitative estimate of drug-likeness (QED) is 0.524. The number of aliphatic imine (C=N–C) groups is 1. The third-order valence-electron chi connectivity index (χ3n) is 4.03. The van der Waals surface area contributed by atoms with Gasteiger partial charge in [-0.2, -0.15) is 0 Å². The topological polar surface area (TPSA) is 40.8 Å². The van der Waals surface area contributed by atoms with Gasteiger partial charge in [0.1, 0.15) is 5.76 Å². The lowest BCUT2D eigenvalue weighted by Crippen LogP contribution is -2.44. The molecule has 0 bridgehead atoms. The van der Waals surface area contributed by atoms with E-state index in [1.165, 1.54) is 11.1 Å². The summed E-state index contributed by atoms with van der Waals surface area (Å²) in [5.74, 6) is 1.92. The molecule has 0 atom stereocenters. The molecule has 0 spiro atoms. The van der Waals surface area contributed by atoms with Gasteiger partial charge in [0.2, 0.25) is 0 Å². The van der Waals surface area contributed by atoms with Gasteiger partial charge in [0.15, 0.2) is 5.96 Å². The maximum atomic E-state index is 5.37. The van der Waals surface area contributed by atoms with E-state index in [1.807, 2.05) is 18.2 Å². The van der Waals surface area contributed by atoms with Gasteiger partial charge in [-0.1, -0.05) is 30.3 Å². The molecule has 23 heavy (non-hydrogen) atoms. The van der Waals surface area contributed by atoms with Crippen molar-refractivity contribution in [1.29, 1.82) is 0 Å². The molecule has 0 radical (unpaired) electrons. The fraction of sp³-hybridized carbons (Fsp3) is 0.316. The van der Waals surface area contributed by atoms with Crippen LogP contribution in [0.15, 0.2) is 64.7 Å². The SMILES string of the molecule is C=CCNC(=NCCc1ccco1)N1CCc2ccccc2C1. The zero-order valence-corrected chi connectivity index (χ0v) is 13.4. The molecule has 1 aromatic carbocycles. The Hall–Kier alpha value is -2.49. The number of furan rings is 1. The third kappa shape index (κ3) is 4.03. The van der Waals surface area contributed by atoms with Crippen LogP contribution in [0.1, 0.15) is 16.9 Å². The summed E-state index contributed by atoms with van der Waals surface area (Å²) in [4.78, 5) is 7.07. The molecule has 1 aliphatic rings. The van der Waals surface area contributed by atoms with Crippen molar-refractivity contribution in [2.24, 2.45) is 4.99 Å². The van der Waals surface area contributed by atoms with Crippen LogP contribution in [0.5, 0.6) is 0 Å². The third-order valence-corrected chi connectivity index (χ3v) is 4.03. The molecule has 4 nitrogen and oxygen atoms in total. The van der Waals surface area contributed by atoms with Gasteiger partial charge in [-0.3, -0.25) is 4.99 Å². The minimum absolute atomic E-state index is 0.713. The van der Waals surface area contributed by atoms with Gasteiger partial charge >= 0.3 is 0 Å². The van der Waals surface area contributed by atoms with Gasteiger partial charge in [-0.15, -0.1) is 6.58 Å². The number of guanidine groups is 1. The molecule has 1 aromatic heterocycles. The van der Waals surface area contributed by atoms with Crippen LogP contribution in [0.25, 0.3) is 0 Å². The van der Waals surface area contributed by atoms with E-state index in [9.17, 15) is 0 Å². The van der Waals surface area contributed by atoms with Crippen molar-refractivity contribution in [3.8, 4) is 0 Å². The highest BCUT2D eigenvalue weighted by Gasteiger charge is 2.18. The van der Waals surface area contributed by atoms with Crippen LogP contribution >= 0.6 is 0 Å². The van der Waals surface area contributed by atoms with Crippen molar-refractivity contribution >= 4 is 5.96 Å². The van der Waals surface area contributed by atoms with Crippen molar-refractivity contribution in [2.75, 3.05) is 19.6 Å². The first-order valence-corrected chi connectivity index (χ1v) is 8.10. The molecule has 3 rings (SSSR count). The molecule has 1 N–H and O–H groups in total. The molecule has 0 amide bonds. The van der Waals surface area contributed by atoms with Crippen LogP contribution in [0.3, 0.4) is 0 Å². The van der Waals surface area contributed by atoms with Gasteiger partial charge in [-0.05, 0) is 29.7 Å². The minimum Gasteiger partial charge on any atom is -0.469 e. The van der Waals surface area contributed by atoms with Gasteiger partial charge in [0.05, 0.1) is 6.26 Å². The second kappa shape index (κ2) is 7.68. The standard InChI is InChI=1S/C19H23N3O/c1-2-11-20-19(21-12-9-18-8-5-14-23-18)22-13-10-16-6-3-4-7-17(16)15-22/h2-8,14H,1,9-13,15H2,(H,20,21). The molecule has 0 saturated heterocycles. The lowest BCUT2D eigenvalue weighted by atomic mass is 10.0. The summed E-state index contributed by atoms with van der Waals surface area (Å²) in [6.45, 7) is 7.11. The largest absolute Gasteiger partial charge is 0.469 e. The van der Waals surface area contributed by atoms with E-state index in [-0.39, 0.29) is 0 Å². The number of hydrogen-bond acceptors (Lipinski definition) is 2. The van der Waals surface area contributed by atoms with E-state index in [0.717, 1.165) is 44.2 Å². The van der Waals surface area contributed by atoms with Gasteiger partial charge in [-0.25, -0.2) is 0 Å². The Kier molecular flexibility index (Phi) is 5.14. The lowest BCUT2D eigenvalue weighted by molar-refractivity contribution is 0.379. The Balaban J connectivity index is 1.67. The van der Waals surface area contributed by atoms with Crippen LogP contribution in [-0.2, 0) is 19.4 Å². The van der Waals surface area contributed by atoms with E-state index in [1.54, 1.807) is 6.26 Å². The Morgan fingerprint density at radius 3 is 2.91 bits per heavy atom. The predicted molar refractivity (Wildman–Crippen MR) is 93.5 cm³/mol. The van der Waals surface area contributed by atoms with E-state index < -0.39 is 0 Å². The summed E-state index contributed by atoms with van der Waals surface area (Å²) in [5, 5.41) is 3.38. The number of nitrogens with one attached hydrogen (secondary N) is 1. The summed E-state index contributed by atoms with van der Waals surface area (Å²) in [6, 6.07) is 12.5. The van der Waals surface area contributed by atoms with Gasteiger partial charge < -0.3 is 14.6 Å². The average molecular weight is 309 g/mol. The highest BCUT2D eigenvalue weighted by molar-refractivity contribution is 5.80. The molecule has 1 aliphatic heterocycles. The molecule has 4 heteroatoms. The van der Waals surface area contributed by atoms with Gasteiger partial charge in [0, 0.05) is 32.6 Å². The summed E-state index contributed by atoms with van der Waals surface area (Å²) < 4.78 is 5.37. The molecule has 0 unspecified atom stereocenters. The Bertz CT molecular complexity index is 661. The molecular weight excluding hydrogens is 286 g/mol. The smallest absolute Gasteiger partial charge is 0.194 e. The predicted octanol–water partition coefficient (Wildman–Crippen LogP) is 3.01. The number of benzene rings is 1. The number of hydrogen-bond donors (Lipinski definition) is 1. The minimum atomic E-state index is 0.713. The Morgan fingerprint density at radius 1 is 1.26 bits per heavy atom. The zero-order valence-electron chi connectivity index (χ0n) is 13.4. The number of nitrogens with zero attached hydrogens (tertiary/aromatic N) is 2. The molecule has 0 aliphatic carbocycles. The molecular formula is C19H23N3O. The fourth-order valence-electron chi connectivity index (χ4n) is 2.83. The normalized spacial score (nSPS) is 14.4. The van der Waals surface area contributed by atoms with Crippen LogP contribution < -0.4 is 5.32 Å². The van der Waals surface area contributed by atoms with Crippen molar-refractivity contribution in [1.82, 2.24) is 10.2 Å². The van der Waals surface area contributed by atoms with Crippen molar-refractivity contribution in [3.63, 3.8) is 0 Å². The lowest BCUT2D eigenvalue weighted by Gasteiger charge is -2.31. The first-order chi connectivity index (χ1) is 11.4. The zero-order chi connectivity index (χ0) is 15.9. The highest BCUT2D eigenvalue weighted by atomic mass is 16.3. The summed E-state index contributed by atoms with van der Waals surface area (Å²) >= 11 is 0. The van der Waals surface area contributed by atoms with E-state index in [0.29, 0.717) is 6.54 Å². The van der Waals surface area contributed by atoms with Gasteiger partial charge in [0.25, 0.3) is 0 Å². The molecule has 0 saturated carbocycles. The molecule has 2 heterocycles. The monoisotopic (exact) mass is 309 g/mol.